The van der Waals surface area contributed by atoms with Crippen LogP contribution in [0.1, 0.15) is 43.2 Å². The standard InChI is InChI=1S/C16H21NO/c1-12-8-9-15(13(2)10-12)18-16-7-5-3-4-6-14(16)11-17/h8-10,14,16H,3-7H2,1-2H3. The largest absolute Gasteiger partial charge is 0.489 e. The van der Waals surface area contributed by atoms with Gasteiger partial charge in [-0.2, -0.15) is 5.26 Å². The van der Waals surface area contributed by atoms with E-state index in [4.69, 9.17) is 4.74 Å². The highest BCUT2D eigenvalue weighted by Gasteiger charge is 2.25. The lowest BCUT2D eigenvalue weighted by molar-refractivity contribution is 0.151. The first-order chi connectivity index (χ1) is 8.70. The van der Waals surface area contributed by atoms with Crippen LogP contribution in [0.15, 0.2) is 18.2 Å². The number of nitriles is 1. The third kappa shape index (κ3) is 3.04. The van der Waals surface area contributed by atoms with E-state index in [1.807, 2.05) is 6.07 Å². The molecule has 0 amide bonds. The predicted molar refractivity (Wildman–Crippen MR) is 72.5 cm³/mol. The number of hydrogen-bond acceptors (Lipinski definition) is 2. The van der Waals surface area contributed by atoms with Gasteiger partial charge in [0.1, 0.15) is 11.9 Å². The van der Waals surface area contributed by atoms with Gasteiger partial charge in [-0.15, -0.1) is 0 Å². The van der Waals surface area contributed by atoms with Crippen molar-refractivity contribution in [2.45, 2.75) is 52.1 Å². The molecule has 18 heavy (non-hydrogen) atoms. The van der Waals surface area contributed by atoms with Crippen LogP contribution in [0.5, 0.6) is 5.75 Å². The van der Waals surface area contributed by atoms with Crippen LogP contribution >= 0.6 is 0 Å². The Morgan fingerprint density at radius 2 is 1.94 bits per heavy atom. The van der Waals surface area contributed by atoms with Crippen molar-refractivity contribution in [3.63, 3.8) is 0 Å². The molecule has 0 N–H and O–H groups in total. The maximum atomic E-state index is 9.25. The SMILES string of the molecule is Cc1ccc(OC2CCCCCC2C#N)c(C)c1. The van der Waals surface area contributed by atoms with Crippen molar-refractivity contribution >= 4 is 0 Å². The zero-order valence-corrected chi connectivity index (χ0v) is 11.3. The van der Waals surface area contributed by atoms with Gasteiger partial charge in [-0.05, 0) is 44.7 Å². The Hall–Kier alpha value is -1.49. The summed E-state index contributed by atoms with van der Waals surface area (Å²) in [6.07, 6.45) is 5.61. The number of benzene rings is 1. The monoisotopic (exact) mass is 243 g/mol. The Morgan fingerprint density at radius 1 is 1.17 bits per heavy atom. The summed E-state index contributed by atoms with van der Waals surface area (Å²) in [4.78, 5) is 0. The summed E-state index contributed by atoms with van der Waals surface area (Å²) >= 11 is 0. The zero-order valence-electron chi connectivity index (χ0n) is 11.3. The van der Waals surface area contributed by atoms with Gasteiger partial charge in [-0.1, -0.05) is 30.5 Å². The summed E-state index contributed by atoms with van der Waals surface area (Å²) in [6.45, 7) is 4.15. The fourth-order valence-electron chi connectivity index (χ4n) is 2.66. The quantitative estimate of drug-likeness (QED) is 0.731. The Labute approximate surface area is 110 Å². The van der Waals surface area contributed by atoms with Gasteiger partial charge in [0.25, 0.3) is 0 Å². The van der Waals surface area contributed by atoms with Crippen molar-refractivity contribution in [1.82, 2.24) is 0 Å². The van der Waals surface area contributed by atoms with Crippen LogP contribution in [0.4, 0.5) is 0 Å². The first kappa shape index (κ1) is 13.0. The first-order valence-corrected chi connectivity index (χ1v) is 6.84. The Morgan fingerprint density at radius 3 is 2.67 bits per heavy atom. The van der Waals surface area contributed by atoms with Crippen LogP contribution in [0.3, 0.4) is 0 Å². The van der Waals surface area contributed by atoms with Gasteiger partial charge < -0.3 is 4.74 Å². The van der Waals surface area contributed by atoms with Gasteiger partial charge in [-0.25, -0.2) is 0 Å². The molecule has 1 aliphatic carbocycles. The third-order valence-electron chi connectivity index (χ3n) is 3.73. The second-order valence-electron chi connectivity index (χ2n) is 5.30. The third-order valence-corrected chi connectivity index (χ3v) is 3.73. The summed E-state index contributed by atoms with van der Waals surface area (Å²) in [5.74, 6) is 0.987. The summed E-state index contributed by atoms with van der Waals surface area (Å²) in [5.41, 5.74) is 2.41. The van der Waals surface area contributed by atoms with Gasteiger partial charge in [0.2, 0.25) is 0 Å². The molecule has 2 heteroatoms. The van der Waals surface area contributed by atoms with Crippen LogP contribution in [0, 0.1) is 31.1 Å². The van der Waals surface area contributed by atoms with Crippen LogP contribution in [0.25, 0.3) is 0 Å². The van der Waals surface area contributed by atoms with E-state index in [0.29, 0.717) is 0 Å². The van der Waals surface area contributed by atoms with Crippen LogP contribution < -0.4 is 4.74 Å². The molecule has 2 nitrogen and oxygen atoms in total. The number of hydrogen-bond donors (Lipinski definition) is 0. The fourth-order valence-corrected chi connectivity index (χ4v) is 2.66. The molecule has 0 bridgehead atoms. The minimum atomic E-state index is 0.0493. The van der Waals surface area contributed by atoms with E-state index in [9.17, 15) is 5.26 Å². The molecular formula is C16H21NO. The maximum Gasteiger partial charge on any atom is 0.122 e. The van der Waals surface area contributed by atoms with E-state index < -0.39 is 0 Å². The molecule has 2 rings (SSSR count). The first-order valence-electron chi connectivity index (χ1n) is 6.84. The van der Waals surface area contributed by atoms with Gasteiger partial charge in [0, 0.05) is 0 Å². The van der Waals surface area contributed by atoms with E-state index >= 15 is 0 Å². The summed E-state index contributed by atoms with van der Waals surface area (Å²) in [7, 11) is 0. The molecule has 1 fully saturated rings. The number of aryl methyl sites for hydroxylation is 2. The highest BCUT2D eigenvalue weighted by atomic mass is 16.5. The van der Waals surface area contributed by atoms with Crippen LogP contribution in [-0.2, 0) is 0 Å². The van der Waals surface area contributed by atoms with E-state index in [1.165, 1.54) is 18.4 Å². The van der Waals surface area contributed by atoms with E-state index in [-0.39, 0.29) is 12.0 Å². The summed E-state index contributed by atoms with van der Waals surface area (Å²) in [6, 6.07) is 8.65. The predicted octanol–water partition coefficient (Wildman–Crippen LogP) is 4.15. The average Bonchev–Trinajstić information content (AvgIpc) is 2.57. The lowest BCUT2D eigenvalue weighted by atomic mass is 9.99. The number of ether oxygens (including phenoxy) is 1. The van der Waals surface area contributed by atoms with E-state index in [1.54, 1.807) is 0 Å². The van der Waals surface area contributed by atoms with Gasteiger partial charge in [0.05, 0.1) is 12.0 Å². The van der Waals surface area contributed by atoms with Gasteiger partial charge >= 0.3 is 0 Å². The normalized spacial score (nSPS) is 24.1. The number of nitrogens with zero attached hydrogens (tertiary/aromatic N) is 1. The second kappa shape index (κ2) is 5.91. The minimum absolute atomic E-state index is 0.0493. The zero-order chi connectivity index (χ0) is 13.0. The second-order valence-corrected chi connectivity index (χ2v) is 5.30. The van der Waals surface area contributed by atoms with Crippen molar-refractivity contribution < 1.29 is 4.74 Å². The highest BCUT2D eigenvalue weighted by molar-refractivity contribution is 5.35. The molecule has 0 spiro atoms. The molecule has 0 radical (unpaired) electrons. The molecule has 1 aromatic rings. The molecular weight excluding hydrogens is 222 g/mol. The van der Waals surface area contributed by atoms with E-state index in [2.05, 4.69) is 32.0 Å². The Kier molecular flexibility index (Phi) is 4.25. The van der Waals surface area contributed by atoms with Crippen molar-refractivity contribution in [2.24, 2.45) is 5.92 Å². The summed E-state index contributed by atoms with van der Waals surface area (Å²) in [5, 5.41) is 9.25. The lowest BCUT2D eigenvalue weighted by Crippen LogP contribution is -2.25. The minimum Gasteiger partial charge on any atom is -0.489 e. The van der Waals surface area contributed by atoms with Gasteiger partial charge in [0.15, 0.2) is 0 Å². The molecule has 96 valence electrons. The average molecular weight is 243 g/mol. The smallest absolute Gasteiger partial charge is 0.122 e. The van der Waals surface area contributed by atoms with Crippen LogP contribution in [-0.4, -0.2) is 6.10 Å². The highest BCUT2D eigenvalue weighted by Crippen LogP contribution is 2.29. The topological polar surface area (TPSA) is 33.0 Å². The fraction of sp³-hybridized carbons (Fsp3) is 0.562. The molecule has 2 atom stereocenters. The van der Waals surface area contributed by atoms with Crippen molar-refractivity contribution in [2.75, 3.05) is 0 Å². The molecule has 0 aromatic heterocycles. The maximum absolute atomic E-state index is 9.25. The molecule has 0 heterocycles. The number of rotatable bonds is 2. The molecule has 0 saturated heterocycles. The Balaban J connectivity index is 2.13. The van der Waals surface area contributed by atoms with E-state index in [0.717, 1.165) is 30.6 Å². The molecule has 2 unspecified atom stereocenters. The Bertz CT molecular complexity index is 447. The van der Waals surface area contributed by atoms with Crippen molar-refractivity contribution in [3.05, 3.63) is 29.3 Å². The molecule has 1 aromatic carbocycles. The summed E-state index contributed by atoms with van der Waals surface area (Å²) < 4.78 is 6.10. The van der Waals surface area contributed by atoms with Crippen molar-refractivity contribution in [1.29, 1.82) is 5.26 Å². The molecule has 1 saturated carbocycles. The molecule has 0 aliphatic heterocycles. The lowest BCUT2D eigenvalue weighted by Gasteiger charge is -2.22. The van der Waals surface area contributed by atoms with Gasteiger partial charge in [-0.3, -0.25) is 0 Å². The van der Waals surface area contributed by atoms with Crippen LogP contribution in [0.2, 0.25) is 0 Å². The molecule has 1 aliphatic rings. The van der Waals surface area contributed by atoms with Crippen molar-refractivity contribution in [3.8, 4) is 11.8 Å².